The lowest BCUT2D eigenvalue weighted by Gasteiger charge is -2.26. The molecule has 0 bridgehead atoms. The first-order chi connectivity index (χ1) is 8.79. The summed E-state index contributed by atoms with van der Waals surface area (Å²) >= 11 is 0. The zero-order chi connectivity index (χ0) is 12.8. The van der Waals surface area contributed by atoms with E-state index in [0.29, 0.717) is 12.0 Å². The van der Waals surface area contributed by atoms with E-state index in [1.807, 2.05) is 17.0 Å². The molecule has 3 nitrogen and oxygen atoms in total. The number of hydrogen-bond donors (Lipinski definition) is 0. The van der Waals surface area contributed by atoms with Crippen LogP contribution in [0.5, 0.6) is 0 Å². The van der Waals surface area contributed by atoms with Crippen molar-refractivity contribution in [2.75, 3.05) is 13.1 Å². The molecule has 1 fully saturated rings. The molecule has 1 aliphatic rings. The second-order valence-electron chi connectivity index (χ2n) is 4.80. The van der Waals surface area contributed by atoms with Crippen molar-refractivity contribution in [3.8, 4) is 0 Å². The molecular weight excluding hydrogens is 226 g/mol. The van der Waals surface area contributed by atoms with Gasteiger partial charge in [-0.15, -0.1) is 0 Å². The fourth-order valence-electron chi connectivity index (χ4n) is 2.32. The van der Waals surface area contributed by atoms with Gasteiger partial charge in [-0.1, -0.05) is 24.3 Å². The predicted molar refractivity (Wildman–Crippen MR) is 70.6 cm³/mol. The Morgan fingerprint density at radius 3 is 2.39 bits per heavy atom. The maximum Gasteiger partial charge on any atom is 0.222 e. The number of likely N-dealkylation sites (tertiary alicyclic amines) is 1. The van der Waals surface area contributed by atoms with Gasteiger partial charge in [0.1, 0.15) is 6.29 Å². The van der Waals surface area contributed by atoms with Crippen LogP contribution in [0.25, 0.3) is 0 Å². The molecule has 0 radical (unpaired) electrons. The van der Waals surface area contributed by atoms with Crippen LogP contribution in [0.4, 0.5) is 0 Å². The summed E-state index contributed by atoms with van der Waals surface area (Å²) in [6.07, 6.45) is 5.69. The Balaban J connectivity index is 1.82. The number of piperidine rings is 1. The van der Waals surface area contributed by atoms with Crippen molar-refractivity contribution >= 4 is 12.2 Å². The van der Waals surface area contributed by atoms with E-state index in [4.69, 9.17) is 0 Å². The van der Waals surface area contributed by atoms with Crippen molar-refractivity contribution in [3.05, 3.63) is 35.4 Å². The van der Waals surface area contributed by atoms with Gasteiger partial charge in [0.15, 0.2) is 0 Å². The van der Waals surface area contributed by atoms with E-state index in [2.05, 4.69) is 0 Å². The molecule has 0 N–H and O–H groups in total. The third-order valence-corrected chi connectivity index (χ3v) is 3.45. The smallest absolute Gasteiger partial charge is 0.222 e. The zero-order valence-corrected chi connectivity index (χ0v) is 10.6. The molecule has 1 heterocycles. The fraction of sp³-hybridized carbons (Fsp3) is 0.467. The fourth-order valence-corrected chi connectivity index (χ4v) is 2.32. The third kappa shape index (κ3) is 3.42. The summed E-state index contributed by atoms with van der Waals surface area (Å²) in [4.78, 5) is 24.5. The van der Waals surface area contributed by atoms with E-state index in [1.165, 1.54) is 6.42 Å². The minimum atomic E-state index is 0.258. The van der Waals surface area contributed by atoms with Crippen molar-refractivity contribution in [2.45, 2.75) is 32.1 Å². The first kappa shape index (κ1) is 12.8. The summed E-state index contributed by atoms with van der Waals surface area (Å²) in [7, 11) is 0. The van der Waals surface area contributed by atoms with Gasteiger partial charge in [0.05, 0.1) is 0 Å². The molecule has 0 atom stereocenters. The standard InChI is InChI=1S/C15H19NO2/c17-12-14-6-4-13(5-7-14)8-9-15(18)16-10-2-1-3-11-16/h4-7,12H,1-3,8-11H2. The highest BCUT2D eigenvalue weighted by atomic mass is 16.2. The quantitative estimate of drug-likeness (QED) is 0.764. The van der Waals surface area contributed by atoms with Gasteiger partial charge in [-0.2, -0.15) is 0 Å². The van der Waals surface area contributed by atoms with Gasteiger partial charge >= 0.3 is 0 Å². The van der Waals surface area contributed by atoms with Crippen LogP contribution in [0.1, 0.15) is 41.6 Å². The van der Waals surface area contributed by atoms with E-state index in [-0.39, 0.29) is 5.91 Å². The highest BCUT2D eigenvalue weighted by Gasteiger charge is 2.15. The summed E-state index contributed by atoms with van der Waals surface area (Å²) in [6.45, 7) is 1.84. The SMILES string of the molecule is O=Cc1ccc(CCC(=O)N2CCCCC2)cc1. The molecule has 96 valence electrons. The van der Waals surface area contributed by atoms with Gasteiger partial charge in [0.25, 0.3) is 0 Å². The molecule has 3 heteroatoms. The van der Waals surface area contributed by atoms with Crippen LogP contribution < -0.4 is 0 Å². The highest BCUT2D eigenvalue weighted by molar-refractivity contribution is 5.77. The normalized spacial score (nSPS) is 15.4. The van der Waals surface area contributed by atoms with Crippen LogP contribution in [0.2, 0.25) is 0 Å². The van der Waals surface area contributed by atoms with Crippen LogP contribution in [-0.2, 0) is 11.2 Å². The molecule has 18 heavy (non-hydrogen) atoms. The van der Waals surface area contributed by atoms with Crippen LogP contribution in [0.15, 0.2) is 24.3 Å². The first-order valence-corrected chi connectivity index (χ1v) is 6.61. The predicted octanol–water partition coefficient (Wildman–Crippen LogP) is 2.44. The minimum Gasteiger partial charge on any atom is -0.343 e. The van der Waals surface area contributed by atoms with Crippen LogP contribution >= 0.6 is 0 Å². The van der Waals surface area contributed by atoms with Gasteiger partial charge in [-0.05, 0) is 31.2 Å². The number of benzene rings is 1. The highest BCUT2D eigenvalue weighted by Crippen LogP contribution is 2.12. The van der Waals surface area contributed by atoms with Crippen molar-refractivity contribution < 1.29 is 9.59 Å². The molecule has 1 aliphatic heterocycles. The van der Waals surface area contributed by atoms with Crippen molar-refractivity contribution in [1.82, 2.24) is 4.90 Å². The average molecular weight is 245 g/mol. The molecule has 1 amide bonds. The Morgan fingerprint density at radius 1 is 1.11 bits per heavy atom. The molecule has 0 saturated carbocycles. The Kier molecular flexibility index (Phi) is 4.51. The zero-order valence-electron chi connectivity index (χ0n) is 10.6. The van der Waals surface area contributed by atoms with E-state index < -0.39 is 0 Å². The minimum absolute atomic E-state index is 0.258. The molecule has 0 aromatic heterocycles. The molecule has 0 unspecified atom stereocenters. The molecule has 1 aromatic rings. The first-order valence-electron chi connectivity index (χ1n) is 6.61. The number of aldehydes is 1. The van der Waals surface area contributed by atoms with Crippen LogP contribution in [0, 0.1) is 0 Å². The average Bonchev–Trinajstić information content (AvgIpc) is 2.46. The summed E-state index contributed by atoms with van der Waals surface area (Å²) in [5.74, 6) is 0.258. The lowest BCUT2D eigenvalue weighted by Crippen LogP contribution is -2.35. The molecule has 1 aromatic carbocycles. The lowest BCUT2D eigenvalue weighted by molar-refractivity contribution is -0.132. The Hall–Kier alpha value is -1.64. The Morgan fingerprint density at radius 2 is 1.78 bits per heavy atom. The molecule has 2 rings (SSSR count). The number of carbonyl (C=O) groups excluding carboxylic acids is 2. The number of hydrogen-bond acceptors (Lipinski definition) is 2. The van der Waals surface area contributed by atoms with Crippen molar-refractivity contribution in [3.63, 3.8) is 0 Å². The largest absolute Gasteiger partial charge is 0.343 e. The second kappa shape index (κ2) is 6.34. The number of rotatable bonds is 4. The number of carbonyl (C=O) groups is 2. The Bertz CT molecular complexity index is 405. The van der Waals surface area contributed by atoms with Gasteiger partial charge in [-0.25, -0.2) is 0 Å². The topological polar surface area (TPSA) is 37.4 Å². The van der Waals surface area contributed by atoms with E-state index in [1.54, 1.807) is 12.1 Å². The molecule has 0 aliphatic carbocycles. The van der Waals surface area contributed by atoms with Crippen molar-refractivity contribution in [1.29, 1.82) is 0 Å². The number of aryl methyl sites for hydroxylation is 1. The third-order valence-electron chi connectivity index (χ3n) is 3.45. The maximum atomic E-state index is 12.0. The molecular formula is C15H19NO2. The maximum absolute atomic E-state index is 12.0. The summed E-state index contributed by atoms with van der Waals surface area (Å²) in [5.41, 5.74) is 1.80. The van der Waals surface area contributed by atoms with Gasteiger partial charge in [0, 0.05) is 25.1 Å². The lowest BCUT2D eigenvalue weighted by atomic mass is 10.1. The molecule has 0 spiro atoms. The summed E-state index contributed by atoms with van der Waals surface area (Å²) in [6, 6.07) is 7.45. The number of amides is 1. The Labute approximate surface area is 108 Å². The van der Waals surface area contributed by atoms with Gasteiger partial charge in [-0.3, -0.25) is 9.59 Å². The van der Waals surface area contributed by atoms with E-state index in [9.17, 15) is 9.59 Å². The summed E-state index contributed by atoms with van der Waals surface area (Å²) in [5, 5.41) is 0. The van der Waals surface area contributed by atoms with E-state index in [0.717, 1.165) is 44.2 Å². The number of nitrogens with zero attached hydrogens (tertiary/aromatic N) is 1. The van der Waals surface area contributed by atoms with Crippen molar-refractivity contribution in [2.24, 2.45) is 0 Å². The van der Waals surface area contributed by atoms with Gasteiger partial charge in [0.2, 0.25) is 5.91 Å². The van der Waals surface area contributed by atoms with Crippen LogP contribution in [0.3, 0.4) is 0 Å². The van der Waals surface area contributed by atoms with E-state index >= 15 is 0 Å². The van der Waals surface area contributed by atoms with Crippen LogP contribution in [-0.4, -0.2) is 30.2 Å². The van der Waals surface area contributed by atoms with Gasteiger partial charge < -0.3 is 4.90 Å². The molecule has 1 saturated heterocycles. The monoisotopic (exact) mass is 245 g/mol. The summed E-state index contributed by atoms with van der Waals surface area (Å²) < 4.78 is 0. The second-order valence-corrected chi connectivity index (χ2v) is 4.80.